The van der Waals surface area contributed by atoms with E-state index in [0.29, 0.717) is 5.92 Å². The number of carbonyl (C=O) groups is 1. The van der Waals surface area contributed by atoms with Gasteiger partial charge in [0.05, 0.1) is 0 Å². The third kappa shape index (κ3) is 10.1. The summed E-state index contributed by atoms with van der Waals surface area (Å²) in [5.41, 5.74) is 4.68. The fourth-order valence-electron chi connectivity index (χ4n) is 6.44. The van der Waals surface area contributed by atoms with Crippen molar-refractivity contribution in [3.05, 3.63) is 101 Å². The van der Waals surface area contributed by atoms with Crippen LogP contribution in [0.3, 0.4) is 0 Å². The normalized spacial score (nSPS) is 13.0. The van der Waals surface area contributed by atoms with Crippen LogP contribution in [0.2, 0.25) is 0 Å². The van der Waals surface area contributed by atoms with Gasteiger partial charge in [-0.3, -0.25) is 4.79 Å². The monoisotopic (exact) mass is 895 g/mol. The van der Waals surface area contributed by atoms with Gasteiger partial charge >= 0.3 is 0 Å². The van der Waals surface area contributed by atoms with E-state index in [-0.39, 0.29) is 47.9 Å². The molecule has 0 aliphatic carbocycles. The van der Waals surface area contributed by atoms with Gasteiger partial charge in [0.2, 0.25) is 0 Å². The Morgan fingerprint density at radius 2 is 1.49 bits per heavy atom. The average molecular weight is 895 g/mol. The van der Waals surface area contributed by atoms with Crippen LogP contribution in [0, 0.1) is 29.7 Å². The predicted octanol–water partition coefficient (Wildman–Crippen LogP) is 13.7. The topological polar surface area (TPSA) is 75.9 Å². The molecule has 0 amide bonds. The molecular weight excluding hydrogens is 835 g/mol. The number of ketones is 1. The molecule has 6 heteroatoms. The number of aliphatic hydroxyl groups excluding tert-OH is 1. The van der Waals surface area contributed by atoms with Crippen LogP contribution in [-0.4, -0.2) is 17.1 Å². The molecule has 3 aromatic carbocycles. The third-order valence-corrected chi connectivity index (χ3v) is 11.0. The first kappa shape index (κ1) is 43.7. The quantitative estimate of drug-likeness (QED) is 0.0586. The molecule has 0 spiro atoms. The maximum Gasteiger partial charge on any atom is 0.164 e. The van der Waals surface area contributed by atoms with Crippen LogP contribution in [-0.2, 0) is 36.7 Å². The zero-order valence-corrected chi connectivity index (χ0v) is 36.4. The molecule has 0 atom stereocenters. The summed E-state index contributed by atoms with van der Waals surface area (Å²) < 4.78 is 12.2. The number of allylic oxidation sites excluding steroid dienone is 2. The molecule has 5 rings (SSSR count). The summed E-state index contributed by atoms with van der Waals surface area (Å²) in [4.78, 5) is 16.7. The van der Waals surface area contributed by atoms with Crippen molar-refractivity contribution < 1.29 is 38.8 Å². The molecule has 5 nitrogen and oxygen atoms in total. The Bertz CT molecular complexity index is 2090. The van der Waals surface area contributed by atoms with Gasteiger partial charge in [-0.25, -0.2) is 0 Å². The molecule has 287 valence electrons. The van der Waals surface area contributed by atoms with E-state index in [4.69, 9.17) is 8.83 Å². The van der Waals surface area contributed by atoms with Gasteiger partial charge in [0.25, 0.3) is 0 Å². The zero-order chi connectivity index (χ0) is 38.4. The number of hydrogen-bond acceptors (Lipinski definition) is 5. The number of benzene rings is 3. The Morgan fingerprint density at radius 1 is 0.868 bits per heavy atom. The third-order valence-electron chi connectivity index (χ3n) is 11.0. The van der Waals surface area contributed by atoms with Crippen LogP contribution < -0.4 is 0 Å². The van der Waals surface area contributed by atoms with E-state index in [0.717, 1.165) is 76.5 Å². The van der Waals surface area contributed by atoms with Crippen LogP contribution >= 0.6 is 0 Å². The largest absolute Gasteiger partial charge is 0.512 e. The summed E-state index contributed by atoms with van der Waals surface area (Å²) >= 11 is 0. The standard InChI is InChI=1S/C32H32NO2.C15H28O2.Ir/c1-20(2)15-30-21(3)31-26-18-24(34-28(26)11-12-29(31)35-30)13-14-33-19-22-16-23-9-7-8-10-25(23)27(17-22)32(4,5)6;1-7-14(5,8-2)12(16)11-13(17)15(6,9-3)10-4;/h7-14,17-20H,15H2,1-6H3;11,16H,7-10H2,1-6H3;/q-1;;/b14-13-,33-19?;12-11-;. The minimum absolute atomic E-state index is 0. The van der Waals surface area contributed by atoms with Gasteiger partial charge in [-0.1, -0.05) is 99.7 Å². The maximum atomic E-state index is 12.2. The van der Waals surface area contributed by atoms with E-state index < -0.39 is 0 Å². The smallest absolute Gasteiger partial charge is 0.164 e. The average Bonchev–Trinajstić information content (AvgIpc) is 3.68. The number of nitrogens with zero attached hydrogens (tertiary/aromatic N) is 1. The molecule has 2 heterocycles. The fraction of sp³-hybridized carbons (Fsp3) is 0.447. The van der Waals surface area contributed by atoms with Crippen LogP contribution in [0.25, 0.3) is 38.8 Å². The molecule has 5 aromatic rings. The van der Waals surface area contributed by atoms with Crippen molar-refractivity contribution in [2.24, 2.45) is 21.7 Å². The number of carbonyl (C=O) groups excluding carboxylic acids is 1. The summed E-state index contributed by atoms with van der Waals surface area (Å²) in [5, 5.41) is 14.7. The van der Waals surface area contributed by atoms with E-state index in [1.165, 1.54) is 22.6 Å². The van der Waals surface area contributed by atoms with Gasteiger partial charge in [0, 0.05) is 60.4 Å². The first-order chi connectivity index (χ1) is 24.5. The number of aliphatic hydroxyl groups is 1. The number of aliphatic imine (C=N–C) groups is 1. The first-order valence-electron chi connectivity index (χ1n) is 19.1. The van der Waals surface area contributed by atoms with Crippen LogP contribution in [0.5, 0.6) is 0 Å². The van der Waals surface area contributed by atoms with E-state index in [1.807, 2.05) is 66.0 Å². The molecule has 1 radical (unpaired) electrons. The second-order valence-electron chi connectivity index (χ2n) is 16.2. The van der Waals surface area contributed by atoms with Crippen LogP contribution in [0.15, 0.2) is 80.4 Å². The van der Waals surface area contributed by atoms with Gasteiger partial charge in [-0.15, -0.1) is 34.7 Å². The van der Waals surface area contributed by atoms with Crippen LogP contribution in [0.1, 0.15) is 130 Å². The fourth-order valence-corrected chi connectivity index (χ4v) is 6.44. The van der Waals surface area contributed by atoms with Gasteiger partial charge in [-0.2, -0.15) is 0 Å². The Balaban J connectivity index is 0.000000359. The Hall–Kier alpha value is -3.73. The van der Waals surface area contributed by atoms with Gasteiger partial charge < -0.3 is 18.9 Å². The number of fused-ring (bicyclic) bond motifs is 4. The molecule has 2 aromatic heterocycles. The summed E-state index contributed by atoms with van der Waals surface area (Å²) in [5.74, 6) is 2.67. The van der Waals surface area contributed by atoms with Crippen molar-refractivity contribution in [3.63, 3.8) is 0 Å². The molecule has 0 aliphatic heterocycles. The summed E-state index contributed by atoms with van der Waals surface area (Å²) in [7, 11) is 0. The second kappa shape index (κ2) is 18.1. The van der Waals surface area contributed by atoms with Crippen molar-refractivity contribution in [3.8, 4) is 0 Å². The van der Waals surface area contributed by atoms with Crippen molar-refractivity contribution in [2.75, 3.05) is 0 Å². The van der Waals surface area contributed by atoms with Crippen molar-refractivity contribution in [1.29, 1.82) is 0 Å². The molecule has 1 N–H and O–H groups in total. The van der Waals surface area contributed by atoms with E-state index in [9.17, 15) is 9.90 Å². The molecule has 0 saturated heterocycles. The Labute approximate surface area is 331 Å². The Kier molecular flexibility index (Phi) is 14.9. The maximum absolute atomic E-state index is 12.2. The minimum atomic E-state index is -0.337. The van der Waals surface area contributed by atoms with Gasteiger partial charge in [-0.05, 0) is 80.0 Å². The summed E-state index contributed by atoms with van der Waals surface area (Å²) in [6.45, 7) is 25.4. The van der Waals surface area contributed by atoms with E-state index >= 15 is 0 Å². The Morgan fingerprint density at radius 3 is 2.09 bits per heavy atom. The van der Waals surface area contributed by atoms with E-state index in [2.05, 4.69) is 89.0 Å². The van der Waals surface area contributed by atoms with Gasteiger partial charge in [0.15, 0.2) is 5.78 Å². The van der Waals surface area contributed by atoms with Gasteiger partial charge in [0.1, 0.15) is 28.4 Å². The number of rotatable bonds is 12. The van der Waals surface area contributed by atoms with Crippen molar-refractivity contribution >= 4 is 50.8 Å². The molecule has 53 heavy (non-hydrogen) atoms. The number of hydrogen-bond donors (Lipinski definition) is 1. The predicted molar refractivity (Wildman–Crippen MR) is 220 cm³/mol. The van der Waals surface area contributed by atoms with Crippen molar-refractivity contribution in [1.82, 2.24) is 0 Å². The molecule has 0 saturated carbocycles. The molecule has 0 fully saturated rings. The zero-order valence-electron chi connectivity index (χ0n) is 34.0. The second-order valence-corrected chi connectivity index (χ2v) is 16.2. The van der Waals surface area contributed by atoms with Crippen LogP contribution in [0.4, 0.5) is 0 Å². The van der Waals surface area contributed by atoms with Crippen molar-refractivity contribution in [2.45, 2.75) is 121 Å². The molecule has 0 bridgehead atoms. The summed E-state index contributed by atoms with van der Waals surface area (Å²) in [6, 6.07) is 20.1. The van der Waals surface area contributed by atoms with E-state index in [1.54, 1.807) is 6.20 Å². The SMILES string of the molecule is CCC(C)(CC)C(=O)/C=C(\O)C(C)(CC)CC.Cc1c(CC(C)C)oc2ccc3oc(/C=C\N=Cc4[c-]c5ccccc5c(C(C)(C)C)c4)cc3c12.[Ir]. The number of aryl methyl sites for hydroxylation is 1. The minimum Gasteiger partial charge on any atom is -0.512 e. The first-order valence-corrected chi connectivity index (χ1v) is 19.1. The molecular formula is C47H60IrNO4-. The molecule has 0 unspecified atom stereocenters. The summed E-state index contributed by atoms with van der Waals surface area (Å²) in [6.07, 6.45) is 11.2. The number of furan rings is 2. The molecule has 0 aliphatic rings.